The van der Waals surface area contributed by atoms with E-state index in [1.54, 1.807) is 0 Å². The van der Waals surface area contributed by atoms with Gasteiger partial charge >= 0.3 is 23.2 Å². The number of allylic oxidation sites excluding steroid dienone is 2. The zero-order valence-electron chi connectivity index (χ0n) is 14.0. The fourth-order valence-electron chi connectivity index (χ4n) is 2.41. The number of hydrogen-bond donors (Lipinski definition) is 0. The highest BCUT2D eigenvalue weighted by Crippen LogP contribution is 2.32. The Bertz CT molecular complexity index is 1020. The molecule has 1 heterocycles. The third kappa shape index (κ3) is 4.13. The van der Waals surface area contributed by atoms with Gasteiger partial charge < -0.3 is 0 Å². The fourth-order valence-corrected chi connectivity index (χ4v) is 2.65. The van der Waals surface area contributed by atoms with Crippen LogP contribution in [0.5, 0.6) is 0 Å². The first-order valence-electron chi connectivity index (χ1n) is 7.63. The molecule has 6 nitrogen and oxygen atoms in total. The van der Waals surface area contributed by atoms with Gasteiger partial charge in [0.25, 0.3) is 0 Å². The average molecular weight is 402 g/mol. The minimum absolute atomic E-state index is 0.123. The third-order valence-corrected chi connectivity index (χ3v) is 4.07. The Morgan fingerprint density at radius 1 is 0.926 bits per heavy atom. The van der Waals surface area contributed by atoms with Crippen LogP contribution in [0.25, 0.3) is 0 Å². The smallest absolute Gasteiger partial charge is 0.247 e. The highest BCUT2D eigenvalue weighted by Gasteiger charge is 2.31. The van der Waals surface area contributed by atoms with E-state index < -0.39 is 35.4 Å². The molecule has 2 aromatic rings. The summed E-state index contributed by atoms with van der Waals surface area (Å²) in [5.74, 6) is 0. The van der Waals surface area contributed by atoms with E-state index >= 15 is 0 Å². The largest absolute Gasteiger partial charge is 0.416 e. The minimum Gasteiger partial charge on any atom is -0.247 e. The maximum absolute atomic E-state index is 12.8. The first-order chi connectivity index (χ1) is 12.6. The molecule has 0 unspecified atom stereocenters. The molecule has 27 heavy (non-hydrogen) atoms. The minimum atomic E-state index is -4.58. The highest BCUT2D eigenvalue weighted by atomic mass is 35.5. The van der Waals surface area contributed by atoms with Crippen molar-refractivity contribution < 1.29 is 13.2 Å². The van der Waals surface area contributed by atoms with E-state index in [2.05, 4.69) is 13.2 Å². The van der Waals surface area contributed by atoms with Crippen LogP contribution < -0.4 is 17.1 Å². The molecule has 0 fully saturated rings. The second-order valence-electron chi connectivity index (χ2n) is 5.54. The zero-order chi connectivity index (χ0) is 20.4. The normalized spacial score (nSPS) is 11.4. The quantitative estimate of drug-likeness (QED) is 0.697. The van der Waals surface area contributed by atoms with Crippen molar-refractivity contribution in [1.82, 2.24) is 13.7 Å². The van der Waals surface area contributed by atoms with E-state index in [9.17, 15) is 27.6 Å². The van der Waals surface area contributed by atoms with Gasteiger partial charge in [-0.25, -0.2) is 28.1 Å². The predicted molar refractivity (Wildman–Crippen MR) is 95.2 cm³/mol. The summed E-state index contributed by atoms with van der Waals surface area (Å²) >= 11 is 5.90. The monoisotopic (exact) mass is 401 g/mol. The Labute approximate surface area is 156 Å². The first kappa shape index (κ1) is 20.5. The molecule has 0 bridgehead atoms. The Kier molecular flexibility index (Phi) is 5.94. The van der Waals surface area contributed by atoms with Gasteiger partial charge in [-0.2, -0.15) is 13.2 Å². The molecule has 10 heteroatoms. The number of halogens is 4. The maximum Gasteiger partial charge on any atom is 0.416 e. The first-order valence-corrected chi connectivity index (χ1v) is 8.01. The van der Waals surface area contributed by atoms with E-state index in [1.807, 2.05) is 0 Å². The predicted octanol–water partition coefficient (Wildman–Crippen LogP) is 2.26. The second-order valence-corrected chi connectivity index (χ2v) is 5.94. The van der Waals surface area contributed by atoms with Crippen LogP contribution in [-0.4, -0.2) is 13.7 Å². The standard InChI is InChI=1S/C17H15ClF3N3O3/c1-3-7-22-14(25)23(8-4-2)16(27)24(15(22)26)10-11-5-6-12(9-13(11)18)17(19,20)21/h3-6,9H,1-2,7-8,10H2. The topological polar surface area (TPSA) is 66.0 Å². The van der Waals surface area contributed by atoms with Gasteiger partial charge in [-0.3, -0.25) is 0 Å². The lowest BCUT2D eigenvalue weighted by atomic mass is 10.1. The van der Waals surface area contributed by atoms with Crippen molar-refractivity contribution in [2.75, 3.05) is 0 Å². The molecule has 0 aliphatic heterocycles. The summed E-state index contributed by atoms with van der Waals surface area (Å²) in [6.07, 6.45) is -1.96. The van der Waals surface area contributed by atoms with Gasteiger partial charge in [-0.15, -0.1) is 13.2 Å². The highest BCUT2D eigenvalue weighted by molar-refractivity contribution is 6.31. The number of benzene rings is 1. The molecule has 0 atom stereocenters. The maximum atomic E-state index is 12.8. The van der Waals surface area contributed by atoms with Gasteiger partial charge in [0.15, 0.2) is 0 Å². The summed E-state index contributed by atoms with van der Waals surface area (Å²) in [5.41, 5.74) is -3.50. The van der Waals surface area contributed by atoms with Gasteiger partial charge in [-0.1, -0.05) is 29.8 Å². The average Bonchev–Trinajstić information content (AvgIpc) is 2.59. The Hall–Kier alpha value is -2.81. The molecule has 0 amide bonds. The van der Waals surface area contributed by atoms with Gasteiger partial charge in [0.2, 0.25) is 0 Å². The molecule has 0 saturated heterocycles. The van der Waals surface area contributed by atoms with Crippen molar-refractivity contribution in [3.63, 3.8) is 0 Å². The molecule has 0 aliphatic rings. The summed E-state index contributed by atoms with van der Waals surface area (Å²) in [6.45, 7) is 6.22. The van der Waals surface area contributed by atoms with E-state index in [-0.39, 0.29) is 23.7 Å². The molecular formula is C17H15ClF3N3O3. The number of hydrogen-bond acceptors (Lipinski definition) is 3. The van der Waals surface area contributed by atoms with Crippen molar-refractivity contribution in [2.45, 2.75) is 25.8 Å². The third-order valence-electron chi connectivity index (χ3n) is 3.72. The summed E-state index contributed by atoms with van der Waals surface area (Å²) in [4.78, 5) is 37.3. The van der Waals surface area contributed by atoms with Crippen LogP contribution in [0.1, 0.15) is 11.1 Å². The molecule has 0 spiro atoms. The van der Waals surface area contributed by atoms with E-state index in [1.165, 1.54) is 12.2 Å². The fraction of sp³-hybridized carbons (Fsp3) is 0.235. The van der Waals surface area contributed by atoms with Gasteiger partial charge in [0.1, 0.15) is 0 Å². The van der Waals surface area contributed by atoms with Crippen molar-refractivity contribution >= 4 is 11.6 Å². The van der Waals surface area contributed by atoms with E-state index in [0.29, 0.717) is 6.07 Å². The lowest BCUT2D eigenvalue weighted by Gasteiger charge is -2.14. The van der Waals surface area contributed by atoms with Crippen LogP contribution >= 0.6 is 11.6 Å². The summed E-state index contributed by atoms with van der Waals surface area (Å²) in [6, 6.07) is 2.59. The Balaban J connectivity index is 2.64. The Morgan fingerprint density at radius 3 is 1.81 bits per heavy atom. The van der Waals surface area contributed by atoms with Gasteiger partial charge in [-0.05, 0) is 17.7 Å². The van der Waals surface area contributed by atoms with Crippen molar-refractivity contribution in [2.24, 2.45) is 0 Å². The molecule has 0 radical (unpaired) electrons. The van der Waals surface area contributed by atoms with Crippen LogP contribution in [0.15, 0.2) is 57.9 Å². The number of alkyl halides is 3. The zero-order valence-corrected chi connectivity index (χ0v) is 14.8. The van der Waals surface area contributed by atoms with E-state index in [0.717, 1.165) is 25.8 Å². The van der Waals surface area contributed by atoms with Crippen molar-refractivity contribution in [1.29, 1.82) is 0 Å². The summed E-state index contributed by atoms with van der Waals surface area (Å²) in [5, 5.41) is -0.257. The molecule has 0 saturated carbocycles. The second kappa shape index (κ2) is 7.83. The molecule has 0 N–H and O–H groups in total. The van der Waals surface area contributed by atoms with E-state index in [4.69, 9.17) is 11.6 Å². The molecule has 1 aromatic heterocycles. The van der Waals surface area contributed by atoms with Crippen LogP contribution in [0.2, 0.25) is 5.02 Å². The number of aromatic nitrogens is 3. The SMILES string of the molecule is C=CCn1c(=O)n(CC=C)c(=O)n(Cc2ccc(C(F)(F)F)cc2Cl)c1=O. The molecule has 2 rings (SSSR count). The summed E-state index contributed by atoms with van der Waals surface area (Å²) in [7, 11) is 0. The molecule has 1 aromatic carbocycles. The van der Waals surface area contributed by atoms with Crippen LogP contribution in [0, 0.1) is 0 Å². The van der Waals surface area contributed by atoms with Crippen molar-refractivity contribution in [3.8, 4) is 0 Å². The lowest BCUT2D eigenvalue weighted by molar-refractivity contribution is -0.137. The Morgan fingerprint density at radius 2 is 1.41 bits per heavy atom. The molecule has 0 aliphatic carbocycles. The van der Waals surface area contributed by atoms with Gasteiger partial charge in [0, 0.05) is 5.02 Å². The summed E-state index contributed by atoms with van der Waals surface area (Å²) < 4.78 is 40.6. The van der Waals surface area contributed by atoms with Gasteiger partial charge in [0.05, 0.1) is 25.2 Å². The molecular weight excluding hydrogens is 387 g/mol. The lowest BCUT2D eigenvalue weighted by Crippen LogP contribution is -2.54. The van der Waals surface area contributed by atoms with Crippen molar-refractivity contribution in [3.05, 3.63) is 91.1 Å². The van der Waals surface area contributed by atoms with Crippen LogP contribution in [0.3, 0.4) is 0 Å². The van der Waals surface area contributed by atoms with Crippen LogP contribution in [0.4, 0.5) is 13.2 Å². The van der Waals surface area contributed by atoms with Crippen LogP contribution in [-0.2, 0) is 25.8 Å². The molecule has 144 valence electrons. The number of nitrogens with zero attached hydrogens (tertiary/aromatic N) is 3. The number of rotatable bonds is 6.